The summed E-state index contributed by atoms with van der Waals surface area (Å²) in [5.41, 5.74) is -0.160. The van der Waals surface area contributed by atoms with Crippen molar-refractivity contribution < 1.29 is 9.90 Å². The molecule has 0 saturated carbocycles. The highest BCUT2D eigenvalue weighted by Crippen LogP contribution is 2.38. The van der Waals surface area contributed by atoms with Crippen molar-refractivity contribution in [1.29, 1.82) is 5.26 Å². The highest BCUT2D eigenvalue weighted by molar-refractivity contribution is 6.12. The van der Waals surface area contributed by atoms with E-state index in [1.807, 2.05) is 6.07 Å². The van der Waals surface area contributed by atoms with Crippen LogP contribution in [0.1, 0.15) is 15.9 Å². The normalized spacial score (nSPS) is 24.4. The summed E-state index contributed by atoms with van der Waals surface area (Å²) in [6.45, 7) is 0. The summed E-state index contributed by atoms with van der Waals surface area (Å²) in [4.78, 5) is 12.8. The standard InChI is InChI=1S/C16H12N2O2/c17-10-16(11-6-2-1-3-7-11)14(19)12-8-4-5-9-13(12)18-15(16)20/h1-9,15,18,20H/t15-,16-/m0/s1. The van der Waals surface area contributed by atoms with Gasteiger partial charge >= 0.3 is 0 Å². The van der Waals surface area contributed by atoms with Gasteiger partial charge in [-0.3, -0.25) is 4.79 Å². The summed E-state index contributed by atoms with van der Waals surface area (Å²) in [6.07, 6.45) is -1.28. The molecule has 4 heteroatoms. The first-order valence-corrected chi connectivity index (χ1v) is 6.25. The van der Waals surface area contributed by atoms with Crippen molar-refractivity contribution in [3.63, 3.8) is 0 Å². The second-order valence-corrected chi connectivity index (χ2v) is 4.71. The molecule has 0 fully saturated rings. The Kier molecular flexibility index (Phi) is 2.78. The van der Waals surface area contributed by atoms with Crippen LogP contribution in [0.15, 0.2) is 54.6 Å². The Labute approximate surface area is 116 Å². The smallest absolute Gasteiger partial charge is 0.194 e. The van der Waals surface area contributed by atoms with Crippen LogP contribution >= 0.6 is 0 Å². The molecule has 0 amide bonds. The molecule has 1 aliphatic heterocycles. The largest absolute Gasteiger partial charge is 0.371 e. The van der Waals surface area contributed by atoms with Crippen LogP contribution in [0.5, 0.6) is 0 Å². The maximum Gasteiger partial charge on any atom is 0.194 e. The number of hydrogen-bond donors (Lipinski definition) is 2. The summed E-state index contributed by atoms with van der Waals surface area (Å²) >= 11 is 0. The molecule has 98 valence electrons. The Morgan fingerprint density at radius 1 is 1.10 bits per heavy atom. The summed E-state index contributed by atoms with van der Waals surface area (Å²) in [7, 11) is 0. The Morgan fingerprint density at radius 2 is 1.75 bits per heavy atom. The number of nitriles is 1. The van der Waals surface area contributed by atoms with Crippen molar-refractivity contribution >= 4 is 11.5 Å². The zero-order chi connectivity index (χ0) is 14.2. The third-order valence-electron chi connectivity index (χ3n) is 3.64. The lowest BCUT2D eigenvalue weighted by atomic mass is 9.71. The van der Waals surface area contributed by atoms with E-state index in [-0.39, 0.29) is 5.78 Å². The van der Waals surface area contributed by atoms with Crippen LogP contribution in [0.4, 0.5) is 5.69 Å². The predicted octanol–water partition coefficient (Wildman–Crippen LogP) is 2.07. The van der Waals surface area contributed by atoms with Gasteiger partial charge in [-0.15, -0.1) is 0 Å². The van der Waals surface area contributed by atoms with Crippen LogP contribution in [-0.4, -0.2) is 17.1 Å². The van der Waals surface area contributed by atoms with E-state index in [2.05, 4.69) is 5.32 Å². The van der Waals surface area contributed by atoms with Crippen LogP contribution in [0.2, 0.25) is 0 Å². The maximum absolute atomic E-state index is 12.8. The van der Waals surface area contributed by atoms with Gasteiger partial charge < -0.3 is 10.4 Å². The van der Waals surface area contributed by atoms with E-state index in [1.54, 1.807) is 54.6 Å². The van der Waals surface area contributed by atoms with Gasteiger partial charge in [0.2, 0.25) is 0 Å². The topological polar surface area (TPSA) is 73.1 Å². The lowest BCUT2D eigenvalue weighted by molar-refractivity contribution is 0.0729. The Bertz CT molecular complexity index is 706. The Balaban J connectivity index is 2.23. The number of carbonyl (C=O) groups excluding carboxylic acids is 1. The molecule has 0 spiro atoms. The van der Waals surface area contributed by atoms with E-state index in [0.717, 1.165) is 0 Å². The first-order valence-electron chi connectivity index (χ1n) is 6.25. The molecule has 2 atom stereocenters. The minimum absolute atomic E-state index is 0.381. The van der Waals surface area contributed by atoms with Crippen LogP contribution < -0.4 is 5.32 Å². The molecular formula is C16H12N2O2. The molecular weight excluding hydrogens is 252 g/mol. The minimum Gasteiger partial charge on any atom is -0.371 e. The predicted molar refractivity (Wildman–Crippen MR) is 74.1 cm³/mol. The average molecular weight is 264 g/mol. The van der Waals surface area contributed by atoms with E-state index in [9.17, 15) is 15.2 Å². The number of carbonyl (C=O) groups is 1. The quantitative estimate of drug-likeness (QED) is 0.827. The van der Waals surface area contributed by atoms with Gasteiger partial charge in [-0.1, -0.05) is 42.5 Å². The van der Waals surface area contributed by atoms with Gasteiger partial charge in [-0.05, 0) is 17.7 Å². The third kappa shape index (κ3) is 1.54. The molecule has 0 saturated heterocycles. The molecule has 2 aromatic rings. The van der Waals surface area contributed by atoms with Crippen molar-refractivity contribution in [2.45, 2.75) is 11.6 Å². The Hall–Kier alpha value is -2.64. The van der Waals surface area contributed by atoms with Crippen LogP contribution in [0, 0.1) is 11.3 Å². The molecule has 0 bridgehead atoms. The van der Waals surface area contributed by atoms with Gasteiger partial charge in [0.25, 0.3) is 0 Å². The molecule has 0 aliphatic carbocycles. The molecule has 2 aromatic carbocycles. The molecule has 4 nitrogen and oxygen atoms in total. The van der Waals surface area contributed by atoms with Crippen LogP contribution in [0.3, 0.4) is 0 Å². The first-order chi connectivity index (χ1) is 9.70. The van der Waals surface area contributed by atoms with E-state index < -0.39 is 11.6 Å². The van der Waals surface area contributed by atoms with Crippen molar-refractivity contribution in [3.8, 4) is 6.07 Å². The number of Topliss-reactive ketones (excluding diaryl/α,β-unsaturated/α-hetero) is 1. The van der Waals surface area contributed by atoms with E-state index in [4.69, 9.17) is 0 Å². The second kappa shape index (κ2) is 4.48. The number of anilines is 1. The van der Waals surface area contributed by atoms with Crippen molar-refractivity contribution in [1.82, 2.24) is 0 Å². The third-order valence-corrected chi connectivity index (χ3v) is 3.64. The lowest BCUT2D eigenvalue weighted by Crippen LogP contribution is -2.52. The van der Waals surface area contributed by atoms with Crippen molar-refractivity contribution in [3.05, 3.63) is 65.7 Å². The number of nitrogens with one attached hydrogen (secondary N) is 1. The fourth-order valence-corrected chi connectivity index (χ4v) is 2.57. The molecule has 2 N–H and O–H groups in total. The van der Waals surface area contributed by atoms with Crippen LogP contribution in [-0.2, 0) is 5.41 Å². The number of fused-ring (bicyclic) bond motifs is 1. The monoisotopic (exact) mass is 264 g/mol. The molecule has 0 unspecified atom stereocenters. The van der Waals surface area contributed by atoms with Gasteiger partial charge in [-0.25, -0.2) is 0 Å². The fraction of sp³-hybridized carbons (Fsp3) is 0.125. The Morgan fingerprint density at radius 3 is 2.45 bits per heavy atom. The van der Waals surface area contributed by atoms with E-state index >= 15 is 0 Å². The summed E-state index contributed by atoms with van der Waals surface area (Å²) < 4.78 is 0. The number of aliphatic hydroxyl groups excluding tert-OH is 1. The molecule has 20 heavy (non-hydrogen) atoms. The first kappa shape index (κ1) is 12.4. The average Bonchev–Trinajstić information content (AvgIpc) is 2.49. The zero-order valence-corrected chi connectivity index (χ0v) is 10.6. The fourth-order valence-electron chi connectivity index (χ4n) is 2.57. The number of hydrogen-bond acceptors (Lipinski definition) is 4. The minimum atomic E-state index is -1.62. The van der Waals surface area contributed by atoms with Gasteiger partial charge in [-0.2, -0.15) is 5.26 Å². The highest BCUT2D eigenvalue weighted by Gasteiger charge is 2.51. The molecule has 1 heterocycles. The molecule has 0 aromatic heterocycles. The number of ketones is 1. The van der Waals surface area contributed by atoms with E-state index in [0.29, 0.717) is 16.8 Å². The van der Waals surface area contributed by atoms with Gasteiger partial charge in [0.1, 0.15) is 0 Å². The lowest BCUT2D eigenvalue weighted by Gasteiger charge is -2.36. The number of aliphatic hydroxyl groups is 1. The molecule has 3 rings (SSSR count). The highest BCUT2D eigenvalue weighted by atomic mass is 16.3. The zero-order valence-electron chi connectivity index (χ0n) is 10.6. The van der Waals surface area contributed by atoms with Gasteiger partial charge in [0.05, 0.1) is 6.07 Å². The maximum atomic E-state index is 12.8. The van der Waals surface area contributed by atoms with Crippen molar-refractivity contribution in [2.75, 3.05) is 5.32 Å². The number of benzene rings is 2. The molecule has 1 aliphatic rings. The van der Waals surface area contributed by atoms with Gasteiger partial charge in [0.15, 0.2) is 17.4 Å². The SMILES string of the molecule is N#C[C@]1(c2ccccc2)C(=O)c2ccccc2N[C@H]1O. The van der Waals surface area contributed by atoms with E-state index in [1.165, 1.54) is 0 Å². The number of rotatable bonds is 1. The van der Waals surface area contributed by atoms with Gasteiger partial charge in [0, 0.05) is 11.3 Å². The van der Waals surface area contributed by atoms with Crippen molar-refractivity contribution in [2.24, 2.45) is 0 Å². The number of para-hydroxylation sites is 1. The second-order valence-electron chi connectivity index (χ2n) is 4.71. The molecule has 0 radical (unpaired) electrons. The summed E-state index contributed by atoms with van der Waals surface area (Å²) in [5, 5.41) is 22.8. The summed E-state index contributed by atoms with van der Waals surface area (Å²) in [5.74, 6) is -0.381. The summed E-state index contributed by atoms with van der Waals surface area (Å²) in [6, 6.07) is 17.5. The van der Waals surface area contributed by atoms with Crippen LogP contribution in [0.25, 0.3) is 0 Å². The number of nitrogens with zero attached hydrogens (tertiary/aromatic N) is 1.